The number of amides is 1. The topological polar surface area (TPSA) is 38.1 Å². The maximum absolute atomic E-state index is 12.5. The van der Waals surface area contributed by atoms with Crippen molar-refractivity contribution in [3.63, 3.8) is 0 Å². The maximum atomic E-state index is 12.5. The number of carbonyl (C=O) groups is 1. The molecule has 0 aliphatic carbocycles. The zero-order valence-electron chi connectivity index (χ0n) is 14.5. The second-order valence-electron chi connectivity index (χ2n) is 5.95. The molecule has 24 heavy (non-hydrogen) atoms. The first-order valence-corrected chi connectivity index (χ1v) is 9.33. The molecule has 0 aliphatic heterocycles. The Hall–Kier alpha value is -2.14. The standard InChI is InChI=1S/C19H23N3OS/c1-4-6-11-21(3)19(23)15-13-24-18(20-15)17-12-14-9-7-8-10-16(14)22(17)5-2/h7-10,12-13H,4-6,11H2,1-3H3. The average Bonchev–Trinajstić information content (AvgIpc) is 3.22. The molecule has 0 unspecified atom stereocenters. The van der Waals surface area contributed by atoms with E-state index in [-0.39, 0.29) is 5.91 Å². The summed E-state index contributed by atoms with van der Waals surface area (Å²) in [5.41, 5.74) is 2.83. The summed E-state index contributed by atoms with van der Waals surface area (Å²) in [6, 6.07) is 10.5. The van der Waals surface area contributed by atoms with E-state index in [1.54, 1.807) is 4.90 Å². The number of benzene rings is 1. The molecular formula is C19H23N3OS. The summed E-state index contributed by atoms with van der Waals surface area (Å²) >= 11 is 1.54. The minimum absolute atomic E-state index is 0.00473. The number of hydrogen-bond acceptors (Lipinski definition) is 3. The van der Waals surface area contributed by atoms with Crippen molar-refractivity contribution in [3.05, 3.63) is 41.4 Å². The Morgan fingerprint density at radius 2 is 2.08 bits per heavy atom. The average molecular weight is 341 g/mol. The van der Waals surface area contributed by atoms with E-state index in [2.05, 4.69) is 47.7 Å². The lowest BCUT2D eigenvalue weighted by atomic mass is 10.2. The number of fused-ring (bicyclic) bond motifs is 1. The third kappa shape index (κ3) is 3.08. The molecule has 1 amide bonds. The van der Waals surface area contributed by atoms with E-state index in [1.165, 1.54) is 22.2 Å². The minimum Gasteiger partial charge on any atom is -0.340 e. The van der Waals surface area contributed by atoms with E-state index >= 15 is 0 Å². The summed E-state index contributed by atoms with van der Waals surface area (Å²) in [5.74, 6) is 0.00473. The molecule has 1 aromatic carbocycles. The molecular weight excluding hydrogens is 318 g/mol. The summed E-state index contributed by atoms with van der Waals surface area (Å²) in [6.07, 6.45) is 2.10. The van der Waals surface area contributed by atoms with Crippen LogP contribution in [0.4, 0.5) is 0 Å². The van der Waals surface area contributed by atoms with E-state index in [0.717, 1.165) is 36.6 Å². The largest absolute Gasteiger partial charge is 0.340 e. The number of hydrogen-bond donors (Lipinski definition) is 0. The SMILES string of the molecule is CCCCN(C)C(=O)c1csc(-c2cc3ccccc3n2CC)n1. The fourth-order valence-corrected chi connectivity index (χ4v) is 3.73. The van der Waals surface area contributed by atoms with Gasteiger partial charge in [0.05, 0.1) is 5.69 Å². The Kier molecular flexibility index (Phi) is 5.00. The van der Waals surface area contributed by atoms with Gasteiger partial charge in [0, 0.05) is 36.4 Å². The fraction of sp³-hybridized carbons (Fsp3) is 0.368. The van der Waals surface area contributed by atoms with Gasteiger partial charge in [-0.3, -0.25) is 4.79 Å². The lowest BCUT2D eigenvalue weighted by molar-refractivity contribution is 0.0788. The van der Waals surface area contributed by atoms with Crippen LogP contribution in [0.2, 0.25) is 0 Å². The lowest BCUT2D eigenvalue weighted by Gasteiger charge is -2.14. The summed E-state index contributed by atoms with van der Waals surface area (Å²) in [4.78, 5) is 18.9. The molecule has 2 heterocycles. The predicted molar refractivity (Wildman–Crippen MR) is 101 cm³/mol. The van der Waals surface area contributed by atoms with Gasteiger partial charge in [0.2, 0.25) is 0 Å². The second kappa shape index (κ2) is 7.18. The van der Waals surface area contributed by atoms with Gasteiger partial charge in [0.25, 0.3) is 5.91 Å². The quantitative estimate of drug-likeness (QED) is 0.654. The van der Waals surface area contributed by atoms with Crippen LogP contribution >= 0.6 is 11.3 Å². The molecule has 0 radical (unpaired) electrons. The van der Waals surface area contributed by atoms with Crippen molar-refractivity contribution in [2.45, 2.75) is 33.2 Å². The van der Waals surface area contributed by atoms with E-state index in [1.807, 2.05) is 18.5 Å². The van der Waals surface area contributed by atoms with Crippen molar-refractivity contribution in [3.8, 4) is 10.7 Å². The fourth-order valence-electron chi connectivity index (χ4n) is 2.91. The van der Waals surface area contributed by atoms with Gasteiger partial charge in [-0.25, -0.2) is 4.98 Å². The molecule has 0 spiro atoms. The summed E-state index contributed by atoms with van der Waals surface area (Å²) in [6.45, 7) is 5.91. The highest BCUT2D eigenvalue weighted by atomic mass is 32.1. The molecule has 4 nitrogen and oxygen atoms in total. The van der Waals surface area contributed by atoms with E-state index in [0.29, 0.717) is 5.69 Å². The molecule has 5 heteroatoms. The number of aryl methyl sites for hydroxylation is 1. The van der Waals surface area contributed by atoms with Gasteiger partial charge in [-0.05, 0) is 25.5 Å². The van der Waals surface area contributed by atoms with Crippen LogP contribution in [0.15, 0.2) is 35.7 Å². The first-order chi connectivity index (χ1) is 11.7. The number of para-hydroxylation sites is 1. The highest BCUT2D eigenvalue weighted by Gasteiger charge is 2.18. The van der Waals surface area contributed by atoms with Gasteiger partial charge in [0.15, 0.2) is 0 Å². The number of rotatable bonds is 6. The number of thiazole rings is 1. The molecule has 126 valence electrons. The first kappa shape index (κ1) is 16.7. The van der Waals surface area contributed by atoms with Crippen LogP contribution in [-0.4, -0.2) is 34.0 Å². The lowest BCUT2D eigenvalue weighted by Crippen LogP contribution is -2.27. The van der Waals surface area contributed by atoms with Gasteiger partial charge in [0.1, 0.15) is 10.7 Å². The van der Waals surface area contributed by atoms with Crippen LogP contribution in [0, 0.1) is 0 Å². The molecule has 0 atom stereocenters. The van der Waals surface area contributed by atoms with Gasteiger partial charge < -0.3 is 9.47 Å². The number of nitrogens with zero attached hydrogens (tertiary/aromatic N) is 3. The highest BCUT2D eigenvalue weighted by Crippen LogP contribution is 2.30. The van der Waals surface area contributed by atoms with Gasteiger partial charge >= 0.3 is 0 Å². The van der Waals surface area contributed by atoms with E-state index < -0.39 is 0 Å². The predicted octanol–water partition coefficient (Wildman–Crippen LogP) is 4.66. The third-order valence-electron chi connectivity index (χ3n) is 4.26. The molecule has 3 aromatic rings. The zero-order chi connectivity index (χ0) is 17.1. The maximum Gasteiger partial charge on any atom is 0.273 e. The first-order valence-electron chi connectivity index (χ1n) is 8.45. The summed E-state index contributed by atoms with van der Waals surface area (Å²) < 4.78 is 2.25. The Balaban J connectivity index is 1.92. The molecule has 0 saturated carbocycles. The minimum atomic E-state index is 0.00473. The van der Waals surface area contributed by atoms with Crippen molar-refractivity contribution in [1.29, 1.82) is 0 Å². The van der Waals surface area contributed by atoms with Gasteiger partial charge in [-0.2, -0.15) is 0 Å². The van der Waals surface area contributed by atoms with Crippen molar-refractivity contribution < 1.29 is 4.79 Å². The van der Waals surface area contributed by atoms with Crippen LogP contribution in [0.3, 0.4) is 0 Å². The van der Waals surface area contributed by atoms with Crippen LogP contribution in [0.1, 0.15) is 37.2 Å². The summed E-state index contributed by atoms with van der Waals surface area (Å²) in [5, 5.41) is 3.98. The Bertz CT molecular complexity index is 849. The number of carbonyl (C=O) groups excluding carboxylic acids is 1. The number of aromatic nitrogens is 2. The Morgan fingerprint density at radius 1 is 1.29 bits per heavy atom. The van der Waals surface area contributed by atoms with Crippen LogP contribution in [0.25, 0.3) is 21.6 Å². The van der Waals surface area contributed by atoms with Crippen LogP contribution in [-0.2, 0) is 6.54 Å². The van der Waals surface area contributed by atoms with Crippen molar-refractivity contribution in [2.24, 2.45) is 0 Å². The zero-order valence-corrected chi connectivity index (χ0v) is 15.3. The van der Waals surface area contributed by atoms with E-state index in [9.17, 15) is 4.79 Å². The second-order valence-corrected chi connectivity index (χ2v) is 6.81. The van der Waals surface area contributed by atoms with E-state index in [4.69, 9.17) is 0 Å². The normalized spacial score (nSPS) is 11.1. The monoisotopic (exact) mass is 341 g/mol. The number of unbranched alkanes of at least 4 members (excludes halogenated alkanes) is 1. The van der Waals surface area contributed by atoms with Gasteiger partial charge in [-0.1, -0.05) is 31.5 Å². The van der Waals surface area contributed by atoms with Crippen LogP contribution in [0.5, 0.6) is 0 Å². The van der Waals surface area contributed by atoms with Gasteiger partial charge in [-0.15, -0.1) is 11.3 Å². The highest BCUT2D eigenvalue weighted by molar-refractivity contribution is 7.13. The van der Waals surface area contributed by atoms with Crippen molar-refractivity contribution in [1.82, 2.24) is 14.5 Å². The smallest absolute Gasteiger partial charge is 0.273 e. The third-order valence-corrected chi connectivity index (χ3v) is 5.13. The molecule has 0 saturated heterocycles. The van der Waals surface area contributed by atoms with Crippen molar-refractivity contribution in [2.75, 3.05) is 13.6 Å². The molecule has 0 bridgehead atoms. The molecule has 0 N–H and O–H groups in total. The molecule has 2 aromatic heterocycles. The van der Waals surface area contributed by atoms with Crippen LogP contribution < -0.4 is 0 Å². The molecule has 3 rings (SSSR count). The molecule has 0 fully saturated rings. The van der Waals surface area contributed by atoms with Crippen molar-refractivity contribution >= 4 is 28.1 Å². The summed E-state index contributed by atoms with van der Waals surface area (Å²) in [7, 11) is 1.85. The Morgan fingerprint density at radius 3 is 2.83 bits per heavy atom. The molecule has 0 aliphatic rings. The Labute approximate surface area is 146 Å².